The van der Waals surface area contributed by atoms with Crippen molar-refractivity contribution in [2.24, 2.45) is 0 Å². The molecule has 2 aromatic rings. The Morgan fingerprint density at radius 3 is 3.05 bits per heavy atom. The summed E-state index contributed by atoms with van der Waals surface area (Å²) in [7, 11) is 0. The van der Waals surface area contributed by atoms with Crippen LogP contribution in [0.15, 0.2) is 18.6 Å². The van der Waals surface area contributed by atoms with Crippen molar-refractivity contribution < 1.29 is 5.11 Å². The second-order valence-corrected chi connectivity index (χ2v) is 6.01. The average molecular weight is 278 g/mol. The predicted molar refractivity (Wildman–Crippen MR) is 75.3 cm³/mol. The topological polar surface area (TPSA) is 63.0 Å². The first kappa shape index (κ1) is 12.6. The van der Waals surface area contributed by atoms with E-state index in [-0.39, 0.29) is 6.61 Å². The third kappa shape index (κ3) is 2.96. The van der Waals surface area contributed by atoms with Gasteiger partial charge in [0.1, 0.15) is 0 Å². The number of thiazole rings is 1. The molecule has 0 unspecified atom stereocenters. The van der Waals surface area contributed by atoms with Gasteiger partial charge in [-0.05, 0) is 12.8 Å². The first-order valence-electron chi connectivity index (χ1n) is 6.67. The number of hydrogen-bond acceptors (Lipinski definition) is 5. The maximum Gasteiger partial charge on any atom is 0.0959 e. The predicted octanol–water partition coefficient (Wildman–Crippen LogP) is 2.21. The highest BCUT2D eigenvalue weighted by Crippen LogP contribution is 2.38. The second kappa shape index (κ2) is 5.71. The van der Waals surface area contributed by atoms with Crippen LogP contribution in [-0.4, -0.2) is 26.5 Å². The van der Waals surface area contributed by atoms with E-state index in [1.165, 1.54) is 29.1 Å². The van der Waals surface area contributed by atoms with Crippen molar-refractivity contribution in [1.82, 2.24) is 14.8 Å². The molecule has 2 aromatic heterocycles. The Labute approximate surface area is 116 Å². The van der Waals surface area contributed by atoms with Crippen LogP contribution < -0.4 is 5.32 Å². The van der Waals surface area contributed by atoms with Gasteiger partial charge in [0.2, 0.25) is 0 Å². The Kier molecular flexibility index (Phi) is 3.79. The van der Waals surface area contributed by atoms with Gasteiger partial charge in [-0.3, -0.25) is 4.68 Å². The number of aliphatic hydroxyl groups is 1. The van der Waals surface area contributed by atoms with Crippen molar-refractivity contribution in [3.8, 4) is 0 Å². The van der Waals surface area contributed by atoms with Crippen LogP contribution in [0.4, 0.5) is 5.69 Å². The molecule has 19 heavy (non-hydrogen) atoms. The van der Waals surface area contributed by atoms with Gasteiger partial charge in [-0.2, -0.15) is 5.10 Å². The number of rotatable bonds is 6. The molecule has 0 atom stereocenters. The Bertz CT molecular complexity index is 532. The largest absolute Gasteiger partial charge is 0.394 e. The summed E-state index contributed by atoms with van der Waals surface area (Å²) in [6, 6.07) is 0. The zero-order chi connectivity index (χ0) is 13.1. The highest BCUT2D eigenvalue weighted by Gasteiger charge is 2.22. The molecular formula is C13H18N4OS. The first-order chi connectivity index (χ1) is 9.35. The molecule has 0 spiro atoms. The fourth-order valence-corrected chi connectivity index (χ4v) is 3.14. The highest BCUT2D eigenvalue weighted by molar-refractivity contribution is 7.11. The summed E-state index contributed by atoms with van der Waals surface area (Å²) in [4.78, 5) is 5.77. The lowest BCUT2D eigenvalue weighted by Crippen LogP contribution is -2.07. The lowest BCUT2D eigenvalue weighted by Gasteiger charge is -2.22. The van der Waals surface area contributed by atoms with Gasteiger partial charge in [-0.1, -0.05) is 6.42 Å². The molecule has 1 aliphatic rings. The number of nitrogens with zero attached hydrogens (tertiary/aromatic N) is 3. The van der Waals surface area contributed by atoms with Gasteiger partial charge in [0.15, 0.2) is 0 Å². The Morgan fingerprint density at radius 2 is 2.32 bits per heavy atom. The summed E-state index contributed by atoms with van der Waals surface area (Å²) < 4.78 is 1.73. The van der Waals surface area contributed by atoms with Crippen LogP contribution in [0.25, 0.3) is 0 Å². The van der Waals surface area contributed by atoms with E-state index >= 15 is 0 Å². The van der Waals surface area contributed by atoms with Crippen LogP contribution in [-0.2, 0) is 13.1 Å². The van der Waals surface area contributed by atoms with Crippen LogP contribution >= 0.6 is 11.3 Å². The third-order valence-corrected chi connectivity index (χ3v) is 4.61. The Hall–Kier alpha value is -1.40. The quantitative estimate of drug-likeness (QED) is 0.850. The number of aliphatic hydroxyl groups excluding tert-OH is 1. The van der Waals surface area contributed by atoms with Crippen molar-refractivity contribution >= 4 is 17.0 Å². The molecule has 1 aliphatic carbocycles. The van der Waals surface area contributed by atoms with Gasteiger partial charge < -0.3 is 10.4 Å². The molecule has 0 saturated heterocycles. The van der Waals surface area contributed by atoms with Crippen LogP contribution in [0.3, 0.4) is 0 Å². The lowest BCUT2D eigenvalue weighted by molar-refractivity contribution is 0.269. The zero-order valence-corrected chi connectivity index (χ0v) is 11.6. The van der Waals surface area contributed by atoms with Crippen molar-refractivity contribution in [3.05, 3.63) is 28.5 Å². The summed E-state index contributed by atoms with van der Waals surface area (Å²) in [6.45, 7) is 1.43. The fraction of sp³-hybridized carbons (Fsp3) is 0.538. The van der Waals surface area contributed by atoms with Crippen molar-refractivity contribution in [1.29, 1.82) is 0 Å². The molecule has 1 saturated carbocycles. The third-order valence-electron chi connectivity index (χ3n) is 3.45. The minimum Gasteiger partial charge on any atom is -0.394 e. The molecule has 0 radical (unpaired) electrons. The van der Waals surface area contributed by atoms with E-state index in [1.54, 1.807) is 10.9 Å². The first-order valence-corrected chi connectivity index (χ1v) is 7.48. The monoisotopic (exact) mass is 278 g/mol. The van der Waals surface area contributed by atoms with E-state index in [4.69, 9.17) is 5.11 Å². The van der Waals surface area contributed by atoms with E-state index in [9.17, 15) is 0 Å². The zero-order valence-electron chi connectivity index (χ0n) is 10.7. The average Bonchev–Trinajstić information content (AvgIpc) is 2.94. The normalized spacial score (nSPS) is 15.4. The van der Waals surface area contributed by atoms with Crippen LogP contribution in [0.2, 0.25) is 0 Å². The Morgan fingerprint density at radius 1 is 1.42 bits per heavy atom. The number of aromatic nitrogens is 3. The number of nitrogens with one attached hydrogen (secondary N) is 1. The molecule has 0 aromatic carbocycles. The van der Waals surface area contributed by atoms with E-state index in [1.807, 2.05) is 23.7 Å². The smallest absolute Gasteiger partial charge is 0.0959 e. The lowest BCUT2D eigenvalue weighted by atomic mass is 9.86. The SMILES string of the molecule is OCCn1cc(NCc2cnc(C3CCC3)s2)cn1. The van der Waals surface area contributed by atoms with E-state index in [2.05, 4.69) is 15.4 Å². The maximum absolute atomic E-state index is 8.83. The molecule has 2 heterocycles. The molecule has 2 N–H and O–H groups in total. The molecule has 0 aliphatic heterocycles. The second-order valence-electron chi connectivity index (χ2n) is 4.86. The minimum atomic E-state index is 0.112. The summed E-state index contributed by atoms with van der Waals surface area (Å²) in [5, 5.41) is 17.6. The molecule has 1 fully saturated rings. The molecule has 6 heteroatoms. The van der Waals surface area contributed by atoms with Gasteiger partial charge in [0.25, 0.3) is 0 Å². The molecular weight excluding hydrogens is 260 g/mol. The van der Waals surface area contributed by atoms with Gasteiger partial charge in [-0.25, -0.2) is 4.98 Å². The molecule has 0 amide bonds. The van der Waals surface area contributed by atoms with E-state index < -0.39 is 0 Å². The van der Waals surface area contributed by atoms with Crippen molar-refractivity contribution in [2.75, 3.05) is 11.9 Å². The van der Waals surface area contributed by atoms with E-state index in [0.29, 0.717) is 12.5 Å². The fourth-order valence-electron chi connectivity index (χ4n) is 2.12. The van der Waals surface area contributed by atoms with Crippen molar-refractivity contribution in [3.63, 3.8) is 0 Å². The van der Waals surface area contributed by atoms with E-state index in [0.717, 1.165) is 12.2 Å². The van der Waals surface area contributed by atoms with Gasteiger partial charge in [-0.15, -0.1) is 11.3 Å². The number of anilines is 1. The molecule has 0 bridgehead atoms. The van der Waals surface area contributed by atoms with Crippen LogP contribution in [0.5, 0.6) is 0 Å². The van der Waals surface area contributed by atoms with Crippen LogP contribution in [0, 0.1) is 0 Å². The molecule has 102 valence electrons. The van der Waals surface area contributed by atoms with Gasteiger partial charge >= 0.3 is 0 Å². The van der Waals surface area contributed by atoms with Gasteiger partial charge in [0.05, 0.1) is 36.6 Å². The Balaban J connectivity index is 1.54. The summed E-state index contributed by atoms with van der Waals surface area (Å²) in [5.41, 5.74) is 0.979. The summed E-state index contributed by atoms with van der Waals surface area (Å²) >= 11 is 1.81. The minimum absolute atomic E-state index is 0.112. The summed E-state index contributed by atoms with van der Waals surface area (Å²) in [5.74, 6) is 0.714. The standard InChI is InChI=1S/C13H18N4OS/c18-5-4-17-9-11(6-16-17)14-7-12-8-15-13(19-12)10-2-1-3-10/h6,8-10,14,18H,1-5,7H2. The molecule has 3 rings (SSSR count). The highest BCUT2D eigenvalue weighted by atomic mass is 32.1. The van der Waals surface area contributed by atoms with Gasteiger partial charge in [0, 0.05) is 23.2 Å². The number of hydrogen-bond donors (Lipinski definition) is 2. The molecule has 5 nitrogen and oxygen atoms in total. The van der Waals surface area contributed by atoms with Crippen LogP contribution in [0.1, 0.15) is 35.1 Å². The van der Waals surface area contributed by atoms with Crippen molar-refractivity contribution in [2.45, 2.75) is 38.3 Å². The maximum atomic E-state index is 8.83. The summed E-state index contributed by atoms with van der Waals surface area (Å²) in [6.07, 6.45) is 9.61.